The third-order valence-electron chi connectivity index (χ3n) is 4.18. The van der Waals surface area contributed by atoms with Crippen molar-refractivity contribution in [1.82, 2.24) is 10.2 Å². The number of benzene rings is 1. The molecule has 25 heavy (non-hydrogen) atoms. The van der Waals surface area contributed by atoms with E-state index >= 15 is 0 Å². The summed E-state index contributed by atoms with van der Waals surface area (Å²) in [5.41, 5.74) is 0.489. The Morgan fingerprint density at radius 2 is 2.12 bits per heavy atom. The predicted octanol–water partition coefficient (Wildman–Crippen LogP) is 0.956. The van der Waals surface area contributed by atoms with Gasteiger partial charge in [0.05, 0.1) is 17.4 Å². The second-order valence-corrected chi connectivity index (χ2v) is 5.96. The van der Waals surface area contributed by atoms with Crippen LogP contribution in [0.4, 0.5) is 5.69 Å². The van der Waals surface area contributed by atoms with E-state index in [0.29, 0.717) is 24.9 Å². The van der Waals surface area contributed by atoms with Gasteiger partial charge in [0, 0.05) is 30.3 Å². The smallest absolute Gasteiger partial charge is 0.308 e. The lowest BCUT2D eigenvalue weighted by atomic mass is 9.98. The quantitative estimate of drug-likeness (QED) is 0.601. The van der Waals surface area contributed by atoms with Crippen LogP contribution >= 0.6 is 0 Å². The Hall–Kier alpha value is -2.97. The van der Waals surface area contributed by atoms with E-state index in [4.69, 9.17) is 5.11 Å². The zero-order valence-corrected chi connectivity index (χ0v) is 13.7. The van der Waals surface area contributed by atoms with Gasteiger partial charge in [-0.1, -0.05) is 0 Å². The van der Waals surface area contributed by atoms with Gasteiger partial charge in [-0.2, -0.15) is 0 Å². The highest BCUT2D eigenvalue weighted by Crippen LogP contribution is 2.19. The molecular weight excluding hydrogens is 330 g/mol. The highest BCUT2D eigenvalue weighted by Gasteiger charge is 2.28. The fourth-order valence-electron chi connectivity index (χ4n) is 2.78. The Labute approximate surface area is 143 Å². The number of hydrogen-bond donors (Lipinski definition) is 2. The SMILES string of the molecule is Cc1cc(C(=O)NCC(=O)N2CCC[C@H](C(=O)O)C2)ccc1[N+](=O)[O-]. The minimum atomic E-state index is -0.928. The number of amides is 2. The summed E-state index contributed by atoms with van der Waals surface area (Å²) in [7, 11) is 0. The first-order chi connectivity index (χ1) is 11.8. The maximum atomic E-state index is 12.1. The first kappa shape index (κ1) is 18.4. The van der Waals surface area contributed by atoms with Gasteiger partial charge in [0.15, 0.2) is 0 Å². The second kappa shape index (κ2) is 7.73. The van der Waals surface area contributed by atoms with Crippen molar-refractivity contribution in [3.05, 3.63) is 39.4 Å². The Morgan fingerprint density at radius 1 is 1.40 bits per heavy atom. The number of carboxylic acids is 1. The van der Waals surface area contributed by atoms with Gasteiger partial charge in [-0.15, -0.1) is 0 Å². The first-order valence-corrected chi connectivity index (χ1v) is 7.83. The molecule has 2 N–H and O–H groups in total. The van der Waals surface area contributed by atoms with E-state index in [-0.39, 0.29) is 30.2 Å². The zero-order chi connectivity index (χ0) is 18.6. The van der Waals surface area contributed by atoms with Gasteiger partial charge in [-0.3, -0.25) is 24.5 Å². The summed E-state index contributed by atoms with van der Waals surface area (Å²) in [6.45, 7) is 1.89. The van der Waals surface area contributed by atoms with Crippen molar-refractivity contribution in [3.8, 4) is 0 Å². The lowest BCUT2D eigenvalue weighted by Gasteiger charge is -2.30. The fraction of sp³-hybridized carbons (Fsp3) is 0.438. The Bertz CT molecular complexity index is 718. The van der Waals surface area contributed by atoms with Crippen LogP contribution in [0, 0.1) is 23.0 Å². The average molecular weight is 349 g/mol. The molecule has 1 aliphatic rings. The summed E-state index contributed by atoms with van der Waals surface area (Å²) in [5.74, 6) is -2.37. The molecule has 0 aromatic heterocycles. The number of nitro groups is 1. The van der Waals surface area contributed by atoms with E-state index in [1.54, 1.807) is 0 Å². The van der Waals surface area contributed by atoms with Crippen molar-refractivity contribution in [2.75, 3.05) is 19.6 Å². The van der Waals surface area contributed by atoms with Crippen LogP contribution in [0.25, 0.3) is 0 Å². The summed E-state index contributed by atoms with van der Waals surface area (Å²) in [4.78, 5) is 46.9. The maximum Gasteiger partial charge on any atom is 0.308 e. The Kier molecular flexibility index (Phi) is 5.68. The molecule has 0 radical (unpaired) electrons. The maximum absolute atomic E-state index is 12.1. The molecule has 134 valence electrons. The van der Waals surface area contributed by atoms with E-state index in [0.717, 1.165) is 0 Å². The molecule has 9 nitrogen and oxygen atoms in total. The largest absolute Gasteiger partial charge is 0.481 e. The summed E-state index contributed by atoms with van der Waals surface area (Å²) in [6.07, 6.45) is 1.14. The van der Waals surface area contributed by atoms with Crippen LogP contribution in [-0.4, -0.2) is 52.3 Å². The van der Waals surface area contributed by atoms with Crippen LogP contribution in [0.15, 0.2) is 18.2 Å². The molecule has 0 aliphatic carbocycles. The van der Waals surface area contributed by atoms with E-state index in [9.17, 15) is 24.5 Å². The molecule has 1 fully saturated rings. The van der Waals surface area contributed by atoms with Crippen LogP contribution in [0.1, 0.15) is 28.8 Å². The number of carbonyl (C=O) groups is 3. The van der Waals surface area contributed by atoms with Crippen molar-refractivity contribution >= 4 is 23.5 Å². The van der Waals surface area contributed by atoms with Crippen LogP contribution in [0.3, 0.4) is 0 Å². The van der Waals surface area contributed by atoms with E-state index in [2.05, 4.69) is 5.32 Å². The molecule has 1 saturated heterocycles. The summed E-state index contributed by atoms with van der Waals surface area (Å²) >= 11 is 0. The molecule has 9 heteroatoms. The number of nitrogens with zero attached hydrogens (tertiary/aromatic N) is 2. The molecule has 0 saturated carbocycles. The van der Waals surface area contributed by atoms with Gasteiger partial charge < -0.3 is 15.3 Å². The lowest BCUT2D eigenvalue weighted by Crippen LogP contribution is -2.46. The normalized spacial score (nSPS) is 17.0. The number of nitrogens with one attached hydrogen (secondary N) is 1. The summed E-state index contributed by atoms with van der Waals surface area (Å²) < 4.78 is 0. The van der Waals surface area contributed by atoms with E-state index in [1.165, 1.54) is 30.0 Å². The second-order valence-electron chi connectivity index (χ2n) is 5.96. The van der Waals surface area contributed by atoms with Crippen LogP contribution in [-0.2, 0) is 9.59 Å². The van der Waals surface area contributed by atoms with Crippen molar-refractivity contribution in [2.45, 2.75) is 19.8 Å². The molecule has 1 atom stereocenters. The lowest BCUT2D eigenvalue weighted by molar-refractivity contribution is -0.385. The fourth-order valence-corrected chi connectivity index (χ4v) is 2.78. The number of aryl methyl sites for hydroxylation is 1. The van der Waals surface area contributed by atoms with Crippen LogP contribution < -0.4 is 5.32 Å². The highest BCUT2D eigenvalue weighted by molar-refractivity contribution is 5.97. The van der Waals surface area contributed by atoms with E-state index in [1.807, 2.05) is 0 Å². The summed E-state index contributed by atoms with van der Waals surface area (Å²) in [6, 6.07) is 3.96. The van der Waals surface area contributed by atoms with Gasteiger partial charge in [-0.25, -0.2) is 0 Å². The number of rotatable bonds is 5. The molecule has 2 rings (SSSR count). The number of carbonyl (C=O) groups excluding carboxylic acids is 2. The number of carboxylic acid groups (broad SMARTS) is 1. The number of hydrogen-bond acceptors (Lipinski definition) is 5. The molecule has 0 spiro atoms. The number of likely N-dealkylation sites (tertiary alicyclic amines) is 1. The first-order valence-electron chi connectivity index (χ1n) is 7.83. The molecule has 0 unspecified atom stereocenters. The van der Waals surface area contributed by atoms with Crippen molar-refractivity contribution in [3.63, 3.8) is 0 Å². The molecule has 1 aromatic rings. The van der Waals surface area contributed by atoms with Gasteiger partial charge in [0.25, 0.3) is 11.6 Å². The Balaban J connectivity index is 1.93. The standard InChI is InChI=1S/C16H19N3O6/c1-10-7-11(4-5-13(10)19(24)25)15(21)17-8-14(20)18-6-2-3-12(9-18)16(22)23/h4-5,7,12H,2-3,6,8-9H2,1H3,(H,17,21)(H,22,23)/t12-/m0/s1. The zero-order valence-electron chi connectivity index (χ0n) is 13.7. The summed E-state index contributed by atoms with van der Waals surface area (Å²) in [5, 5.41) is 22.3. The minimum Gasteiger partial charge on any atom is -0.481 e. The number of piperidine rings is 1. The highest BCUT2D eigenvalue weighted by atomic mass is 16.6. The molecular formula is C16H19N3O6. The van der Waals surface area contributed by atoms with Gasteiger partial charge >= 0.3 is 5.97 Å². The van der Waals surface area contributed by atoms with Crippen molar-refractivity contribution in [2.24, 2.45) is 5.92 Å². The topological polar surface area (TPSA) is 130 Å². The molecule has 1 aliphatic heterocycles. The molecule has 1 heterocycles. The minimum absolute atomic E-state index is 0.0827. The van der Waals surface area contributed by atoms with E-state index < -0.39 is 22.7 Å². The molecule has 1 aromatic carbocycles. The van der Waals surface area contributed by atoms with Crippen molar-refractivity contribution in [1.29, 1.82) is 0 Å². The van der Waals surface area contributed by atoms with Gasteiger partial charge in [-0.05, 0) is 31.9 Å². The third kappa shape index (κ3) is 4.52. The van der Waals surface area contributed by atoms with Gasteiger partial charge in [0.1, 0.15) is 0 Å². The number of nitro benzene ring substituents is 1. The Morgan fingerprint density at radius 3 is 2.72 bits per heavy atom. The predicted molar refractivity (Wildman–Crippen MR) is 87.1 cm³/mol. The third-order valence-corrected chi connectivity index (χ3v) is 4.18. The van der Waals surface area contributed by atoms with Crippen molar-refractivity contribution < 1.29 is 24.4 Å². The molecule has 0 bridgehead atoms. The van der Waals surface area contributed by atoms with Crippen LogP contribution in [0.5, 0.6) is 0 Å². The van der Waals surface area contributed by atoms with Crippen LogP contribution in [0.2, 0.25) is 0 Å². The van der Waals surface area contributed by atoms with Gasteiger partial charge in [0.2, 0.25) is 5.91 Å². The number of aliphatic carboxylic acids is 1. The molecule has 2 amide bonds. The monoisotopic (exact) mass is 349 g/mol. The average Bonchev–Trinajstić information content (AvgIpc) is 2.58.